The van der Waals surface area contributed by atoms with Gasteiger partial charge >= 0.3 is 6.03 Å². The lowest BCUT2D eigenvalue weighted by Gasteiger charge is -2.41. The summed E-state index contributed by atoms with van der Waals surface area (Å²) >= 11 is 0. The minimum Gasteiger partial charge on any atom is -0.365 e. The van der Waals surface area contributed by atoms with Crippen LogP contribution in [0.3, 0.4) is 0 Å². The van der Waals surface area contributed by atoms with E-state index in [2.05, 4.69) is 50.2 Å². The lowest BCUT2D eigenvalue weighted by atomic mass is 9.87. The summed E-state index contributed by atoms with van der Waals surface area (Å²) in [5.74, 6) is -1.32. The number of nitrogens with zero attached hydrogens (tertiary/aromatic N) is 2. The second kappa shape index (κ2) is 7.73. The topological polar surface area (TPSA) is 69.7 Å². The number of nitrogens with one attached hydrogen (secondary N) is 1. The summed E-state index contributed by atoms with van der Waals surface area (Å²) in [5.41, 5.74) is 7.11. The van der Waals surface area contributed by atoms with Crippen molar-refractivity contribution in [2.24, 2.45) is 0 Å². The molecule has 0 unspecified atom stereocenters. The average Bonchev–Trinajstić information content (AvgIpc) is 2.69. The third-order valence-electron chi connectivity index (χ3n) is 6.47. The molecule has 1 saturated heterocycles. The number of urea groups is 1. The van der Waals surface area contributed by atoms with Gasteiger partial charge in [-0.15, -0.1) is 0 Å². The number of hydrogen-bond donors (Lipinski definition) is 1. The fourth-order valence-electron chi connectivity index (χ4n) is 4.60. The smallest absolute Gasteiger partial charge is 0.335 e. The number of amides is 4. The summed E-state index contributed by atoms with van der Waals surface area (Å²) in [7, 11) is 2.06. The van der Waals surface area contributed by atoms with Gasteiger partial charge in [0.2, 0.25) is 0 Å². The standard InChI is InChI=1S/C27H29N3O3/c1-15-8-16(2)10-20(9-15)30-25(32)22(24(31)28-26(30)33)13-19-12-21-18(4)14-27(5,6)29(7)23(21)11-17(19)3/h8-14H,1-7H3,(H,28,31,33)/b22-13-. The van der Waals surface area contributed by atoms with E-state index < -0.39 is 17.8 Å². The van der Waals surface area contributed by atoms with Gasteiger partial charge in [-0.25, -0.2) is 9.69 Å². The number of likely N-dealkylation sites (N-methyl/N-ethyl adjacent to an activating group) is 1. The Morgan fingerprint density at radius 3 is 2.18 bits per heavy atom. The summed E-state index contributed by atoms with van der Waals surface area (Å²) in [6.45, 7) is 12.1. The molecule has 0 radical (unpaired) electrons. The SMILES string of the molecule is CC1=CC(C)(C)N(C)c2cc(C)c(/C=C3/C(=O)NC(=O)N(c4cc(C)cc(C)c4)C3=O)cc21. The van der Waals surface area contributed by atoms with Crippen LogP contribution >= 0.6 is 0 Å². The monoisotopic (exact) mass is 443 g/mol. The largest absolute Gasteiger partial charge is 0.365 e. The van der Waals surface area contributed by atoms with Crippen molar-refractivity contribution in [1.82, 2.24) is 5.32 Å². The predicted octanol–water partition coefficient (Wildman–Crippen LogP) is 4.91. The van der Waals surface area contributed by atoms with Crippen LogP contribution in [0.5, 0.6) is 0 Å². The first-order chi connectivity index (χ1) is 15.4. The fraction of sp³-hybridized carbons (Fsp3) is 0.296. The highest BCUT2D eigenvalue weighted by Gasteiger charge is 2.37. The van der Waals surface area contributed by atoms with Gasteiger partial charge in [-0.1, -0.05) is 12.1 Å². The number of allylic oxidation sites excluding steroid dienone is 1. The van der Waals surface area contributed by atoms with Crippen LogP contribution in [0.25, 0.3) is 11.6 Å². The molecule has 170 valence electrons. The van der Waals surface area contributed by atoms with E-state index in [1.54, 1.807) is 18.2 Å². The number of barbiturate groups is 1. The van der Waals surface area contributed by atoms with Gasteiger partial charge in [0.15, 0.2) is 0 Å². The highest BCUT2D eigenvalue weighted by Crippen LogP contribution is 2.39. The van der Waals surface area contributed by atoms with Crippen molar-refractivity contribution in [3.05, 3.63) is 69.8 Å². The first-order valence-electron chi connectivity index (χ1n) is 11.0. The lowest BCUT2D eigenvalue weighted by molar-refractivity contribution is -0.122. The number of hydrogen-bond acceptors (Lipinski definition) is 4. The first kappa shape index (κ1) is 22.5. The van der Waals surface area contributed by atoms with Crippen LogP contribution in [-0.4, -0.2) is 30.4 Å². The lowest BCUT2D eigenvalue weighted by Crippen LogP contribution is -2.54. The van der Waals surface area contributed by atoms with Gasteiger partial charge in [0.05, 0.1) is 11.2 Å². The molecule has 2 aromatic carbocycles. The maximum Gasteiger partial charge on any atom is 0.335 e. The number of carbonyl (C=O) groups is 3. The third kappa shape index (κ3) is 3.86. The van der Waals surface area contributed by atoms with Crippen molar-refractivity contribution >= 4 is 40.9 Å². The Morgan fingerprint density at radius 1 is 0.909 bits per heavy atom. The maximum atomic E-state index is 13.3. The number of fused-ring (bicyclic) bond motifs is 1. The summed E-state index contributed by atoms with van der Waals surface area (Å²) in [4.78, 5) is 41.8. The summed E-state index contributed by atoms with van der Waals surface area (Å²) < 4.78 is 0. The van der Waals surface area contributed by atoms with Gasteiger partial charge in [0.25, 0.3) is 11.8 Å². The van der Waals surface area contributed by atoms with Crippen LogP contribution in [0.15, 0.2) is 42.0 Å². The van der Waals surface area contributed by atoms with Crippen LogP contribution in [-0.2, 0) is 9.59 Å². The number of carbonyl (C=O) groups excluding carboxylic acids is 3. The van der Waals surface area contributed by atoms with E-state index in [9.17, 15) is 14.4 Å². The second-order valence-electron chi connectivity index (χ2n) is 9.57. The number of benzene rings is 2. The normalized spacial score (nSPS) is 18.9. The molecule has 0 bridgehead atoms. The predicted molar refractivity (Wildman–Crippen MR) is 132 cm³/mol. The van der Waals surface area contributed by atoms with Gasteiger partial charge in [-0.2, -0.15) is 0 Å². The molecule has 0 aromatic heterocycles. The molecular formula is C27H29N3O3. The third-order valence-corrected chi connectivity index (χ3v) is 6.47. The van der Waals surface area contributed by atoms with E-state index in [0.717, 1.165) is 44.0 Å². The van der Waals surface area contributed by atoms with Crippen molar-refractivity contribution in [3.63, 3.8) is 0 Å². The Balaban J connectivity index is 1.80. The summed E-state index contributed by atoms with van der Waals surface area (Å²) in [6, 6.07) is 8.83. The zero-order chi connectivity index (χ0) is 24.2. The van der Waals surface area contributed by atoms with Gasteiger partial charge in [0, 0.05) is 18.3 Å². The molecule has 4 rings (SSSR count). The second-order valence-corrected chi connectivity index (χ2v) is 9.57. The van der Waals surface area contributed by atoms with Crippen LogP contribution in [0.4, 0.5) is 16.2 Å². The highest BCUT2D eigenvalue weighted by molar-refractivity contribution is 6.39. The van der Waals surface area contributed by atoms with E-state index in [-0.39, 0.29) is 11.1 Å². The van der Waals surface area contributed by atoms with Crippen LogP contribution in [0.2, 0.25) is 0 Å². The highest BCUT2D eigenvalue weighted by atomic mass is 16.2. The van der Waals surface area contributed by atoms with Crippen molar-refractivity contribution in [3.8, 4) is 0 Å². The molecule has 6 heteroatoms. The van der Waals surface area contributed by atoms with E-state index >= 15 is 0 Å². The Hall–Kier alpha value is -3.67. The quantitative estimate of drug-likeness (QED) is 0.529. The zero-order valence-corrected chi connectivity index (χ0v) is 20.2. The molecular weight excluding hydrogens is 414 g/mol. The molecule has 0 aliphatic carbocycles. The van der Waals surface area contributed by atoms with E-state index in [4.69, 9.17) is 0 Å². The molecule has 2 aliphatic heterocycles. The maximum absolute atomic E-state index is 13.3. The summed E-state index contributed by atoms with van der Waals surface area (Å²) in [5, 5.41) is 2.32. The van der Waals surface area contributed by atoms with E-state index in [0.29, 0.717) is 5.69 Å². The molecule has 0 spiro atoms. The van der Waals surface area contributed by atoms with Crippen molar-refractivity contribution in [2.75, 3.05) is 16.8 Å². The number of anilines is 2. The fourth-order valence-corrected chi connectivity index (χ4v) is 4.60. The minimum atomic E-state index is -0.739. The Morgan fingerprint density at radius 2 is 1.55 bits per heavy atom. The van der Waals surface area contributed by atoms with E-state index in [1.807, 2.05) is 32.9 Å². The molecule has 33 heavy (non-hydrogen) atoms. The molecule has 0 atom stereocenters. The molecule has 2 aliphatic rings. The molecule has 2 aromatic rings. The van der Waals surface area contributed by atoms with Gasteiger partial charge in [-0.05, 0) is 99.7 Å². The summed E-state index contributed by atoms with van der Waals surface area (Å²) in [6.07, 6.45) is 3.79. The molecule has 4 amide bonds. The van der Waals surface area contributed by atoms with Gasteiger partial charge in [-0.3, -0.25) is 14.9 Å². The van der Waals surface area contributed by atoms with Crippen molar-refractivity contribution in [2.45, 2.75) is 47.1 Å². The average molecular weight is 444 g/mol. The number of imide groups is 2. The molecule has 1 N–H and O–H groups in total. The minimum absolute atomic E-state index is 0.0667. The first-order valence-corrected chi connectivity index (χ1v) is 11.0. The Bertz CT molecular complexity index is 1260. The Labute approximate surface area is 194 Å². The van der Waals surface area contributed by atoms with Crippen molar-refractivity contribution in [1.29, 1.82) is 0 Å². The number of aryl methyl sites for hydroxylation is 3. The molecule has 0 saturated carbocycles. The van der Waals surface area contributed by atoms with Gasteiger partial charge < -0.3 is 4.90 Å². The molecule has 6 nitrogen and oxygen atoms in total. The molecule has 2 heterocycles. The van der Waals surface area contributed by atoms with Gasteiger partial charge in [0.1, 0.15) is 5.57 Å². The molecule has 1 fully saturated rings. The Kier molecular flexibility index (Phi) is 5.27. The van der Waals surface area contributed by atoms with Crippen LogP contribution in [0, 0.1) is 20.8 Å². The zero-order valence-electron chi connectivity index (χ0n) is 20.2. The van der Waals surface area contributed by atoms with Crippen molar-refractivity contribution < 1.29 is 14.4 Å². The number of rotatable bonds is 2. The van der Waals surface area contributed by atoms with E-state index in [1.165, 1.54) is 0 Å². The van der Waals surface area contributed by atoms with Crippen LogP contribution in [0.1, 0.15) is 48.6 Å². The van der Waals surface area contributed by atoms with Crippen LogP contribution < -0.4 is 15.1 Å².